The lowest BCUT2D eigenvalue weighted by Crippen LogP contribution is -2.28. The van der Waals surface area contributed by atoms with Crippen LogP contribution in [0.1, 0.15) is 23.5 Å². The number of nitrogens with one attached hydrogen (secondary N) is 1. The predicted octanol–water partition coefficient (Wildman–Crippen LogP) is 5.43. The van der Waals surface area contributed by atoms with Crippen molar-refractivity contribution in [2.45, 2.75) is 12.3 Å². The summed E-state index contributed by atoms with van der Waals surface area (Å²) in [7, 11) is 0. The summed E-state index contributed by atoms with van der Waals surface area (Å²) in [6.45, 7) is 0. The molecule has 1 fully saturated rings. The Hall–Kier alpha value is -3.13. The zero-order valence-electron chi connectivity index (χ0n) is 16.5. The first-order chi connectivity index (χ1) is 15.0. The lowest BCUT2D eigenvalue weighted by atomic mass is 10.1. The SMILES string of the molecule is O=C(O)C(=Cc1ccc(Oc2ccccc2I)cc1)NC(=O)[C@H]1C[C@@H]1c1ccccc1. The minimum Gasteiger partial charge on any atom is -0.477 e. The van der Waals surface area contributed by atoms with Gasteiger partial charge >= 0.3 is 5.97 Å². The second-order valence-electron chi connectivity index (χ2n) is 7.31. The second-order valence-corrected chi connectivity index (χ2v) is 8.48. The van der Waals surface area contributed by atoms with E-state index in [1.807, 2.05) is 54.6 Å². The quantitative estimate of drug-likeness (QED) is 0.319. The van der Waals surface area contributed by atoms with Crippen molar-refractivity contribution in [3.63, 3.8) is 0 Å². The van der Waals surface area contributed by atoms with Crippen molar-refractivity contribution < 1.29 is 19.4 Å². The maximum Gasteiger partial charge on any atom is 0.352 e. The van der Waals surface area contributed by atoms with Crippen molar-refractivity contribution in [1.82, 2.24) is 5.32 Å². The number of aliphatic carboxylic acids is 1. The summed E-state index contributed by atoms with van der Waals surface area (Å²) in [5.74, 6) is -0.0959. The summed E-state index contributed by atoms with van der Waals surface area (Å²) >= 11 is 2.20. The van der Waals surface area contributed by atoms with Crippen LogP contribution in [-0.4, -0.2) is 17.0 Å². The average molecular weight is 525 g/mol. The van der Waals surface area contributed by atoms with Crippen molar-refractivity contribution in [1.29, 1.82) is 0 Å². The van der Waals surface area contributed by atoms with Crippen LogP contribution in [0.4, 0.5) is 0 Å². The van der Waals surface area contributed by atoms with E-state index in [0.29, 0.717) is 11.3 Å². The highest BCUT2D eigenvalue weighted by Gasteiger charge is 2.44. The number of rotatable bonds is 7. The Kier molecular flexibility index (Phi) is 6.36. The molecule has 4 rings (SSSR count). The van der Waals surface area contributed by atoms with Crippen LogP contribution in [0.3, 0.4) is 0 Å². The zero-order valence-corrected chi connectivity index (χ0v) is 18.7. The molecule has 31 heavy (non-hydrogen) atoms. The fourth-order valence-corrected chi connectivity index (χ4v) is 3.88. The van der Waals surface area contributed by atoms with Gasteiger partial charge in [-0.1, -0.05) is 54.6 Å². The summed E-state index contributed by atoms with van der Waals surface area (Å²) in [6.07, 6.45) is 2.18. The summed E-state index contributed by atoms with van der Waals surface area (Å²) < 4.78 is 6.85. The summed E-state index contributed by atoms with van der Waals surface area (Å²) in [5, 5.41) is 12.1. The summed E-state index contributed by atoms with van der Waals surface area (Å²) in [4.78, 5) is 24.2. The number of ether oxygens (including phenoxy) is 1. The zero-order chi connectivity index (χ0) is 21.8. The molecule has 0 heterocycles. The third-order valence-corrected chi connectivity index (χ3v) is 5.99. The highest BCUT2D eigenvalue weighted by atomic mass is 127. The van der Waals surface area contributed by atoms with Crippen LogP contribution in [0.2, 0.25) is 0 Å². The molecular formula is C25H20INO4. The van der Waals surface area contributed by atoms with E-state index in [1.54, 1.807) is 24.3 Å². The smallest absolute Gasteiger partial charge is 0.352 e. The Balaban J connectivity index is 1.42. The normalized spacial score (nSPS) is 17.6. The monoisotopic (exact) mass is 525 g/mol. The molecule has 0 saturated heterocycles. The number of amides is 1. The van der Waals surface area contributed by atoms with Gasteiger partial charge in [0.15, 0.2) is 0 Å². The first-order valence-electron chi connectivity index (χ1n) is 9.84. The van der Waals surface area contributed by atoms with Crippen molar-refractivity contribution in [2.75, 3.05) is 0 Å². The average Bonchev–Trinajstić information content (AvgIpc) is 3.58. The van der Waals surface area contributed by atoms with Gasteiger partial charge in [-0.2, -0.15) is 0 Å². The van der Waals surface area contributed by atoms with Gasteiger partial charge in [-0.15, -0.1) is 0 Å². The van der Waals surface area contributed by atoms with E-state index in [4.69, 9.17) is 4.74 Å². The number of hydrogen-bond donors (Lipinski definition) is 2. The molecule has 156 valence electrons. The van der Waals surface area contributed by atoms with Gasteiger partial charge in [0, 0.05) is 5.92 Å². The minimum absolute atomic E-state index is 0.144. The van der Waals surface area contributed by atoms with Crippen LogP contribution >= 0.6 is 22.6 Å². The van der Waals surface area contributed by atoms with E-state index in [1.165, 1.54) is 6.08 Å². The van der Waals surface area contributed by atoms with Crippen LogP contribution in [0.5, 0.6) is 11.5 Å². The van der Waals surface area contributed by atoms with Crippen molar-refractivity contribution in [3.05, 3.63) is 99.3 Å². The third kappa shape index (κ3) is 5.32. The number of carboxylic acids is 1. The Morgan fingerprint density at radius 1 is 0.968 bits per heavy atom. The Morgan fingerprint density at radius 2 is 1.65 bits per heavy atom. The number of carboxylic acid groups (broad SMARTS) is 1. The first kappa shape index (κ1) is 21.1. The highest BCUT2D eigenvalue weighted by Crippen LogP contribution is 2.47. The van der Waals surface area contributed by atoms with E-state index in [-0.39, 0.29) is 23.4 Å². The first-order valence-corrected chi connectivity index (χ1v) is 10.9. The van der Waals surface area contributed by atoms with Gasteiger partial charge in [0.2, 0.25) is 5.91 Å². The molecule has 3 aromatic carbocycles. The summed E-state index contributed by atoms with van der Waals surface area (Å²) in [5.41, 5.74) is 1.62. The molecule has 0 bridgehead atoms. The molecule has 1 aliphatic rings. The Bertz CT molecular complexity index is 1130. The van der Waals surface area contributed by atoms with Crippen LogP contribution in [0.15, 0.2) is 84.6 Å². The molecule has 1 amide bonds. The molecule has 1 saturated carbocycles. The highest BCUT2D eigenvalue weighted by molar-refractivity contribution is 14.1. The van der Waals surface area contributed by atoms with Crippen LogP contribution in [0, 0.1) is 9.49 Å². The molecular weight excluding hydrogens is 505 g/mol. The van der Waals surface area contributed by atoms with Crippen LogP contribution < -0.4 is 10.1 Å². The van der Waals surface area contributed by atoms with Gasteiger partial charge < -0.3 is 15.2 Å². The standard InChI is InChI=1S/C25H20INO4/c26-21-8-4-5-9-23(21)31-18-12-10-16(11-13-18)14-22(25(29)30)27-24(28)20-15-19(20)17-6-2-1-3-7-17/h1-14,19-20H,15H2,(H,27,28)(H,29,30)/t19-,20+/m1/s1. The molecule has 3 aromatic rings. The van der Waals surface area contributed by atoms with Gasteiger partial charge in [0.05, 0.1) is 3.57 Å². The molecule has 5 nitrogen and oxygen atoms in total. The van der Waals surface area contributed by atoms with E-state index >= 15 is 0 Å². The van der Waals surface area contributed by atoms with Gasteiger partial charge in [-0.3, -0.25) is 4.79 Å². The Labute approximate surface area is 193 Å². The van der Waals surface area contributed by atoms with Gasteiger partial charge in [-0.05, 0) is 76.4 Å². The van der Waals surface area contributed by atoms with Gasteiger partial charge in [0.1, 0.15) is 17.2 Å². The van der Waals surface area contributed by atoms with E-state index in [9.17, 15) is 14.7 Å². The fraction of sp³-hybridized carbons (Fsp3) is 0.120. The molecule has 0 unspecified atom stereocenters. The van der Waals surface area contributed by atoms with E-state index in [2.05, 4.69) is 27.9 Å². The van der Waals surface area contributed by atoms with Crippen molar-refractivity contribution >= 4 is 40.5 Å². The molecule has 0 aromatic heterocycles. The molecule has 2 atom stereocenters. The van der Waals surface area contributed by atoms with E-state index < -0.39 is 5.97 Å². The fourth-order valence-electron chi connectivity index (χ4n) is 3.38. The topological polar surface area (TPSA) is 75.6 Å². The minimum atomic E-state index is -1.18. The Morgan fingerprint density at radius 3 is 2.32 bits per heavy atom. The maximum atomic E-state index is 12.5. The lowest BCUT2D eigenvalue weighted by Gasteiger charge is -2.09. The van der Waals surface area contributed by atoms with E-state index in [0.717, 1.165) is 21.3 Å². The van der Waals surface area contributed by atoms with Gasteiger partial charge in [0.25, 0.3) is 0 Å². The number of carbonyl (C=O) groups excluding carboxylic acids is 1. The second kappa shape index (κ2) is 9.34. The third-order valence-electron chi connectivity index (χ3n) is 5.10. The lowest BCUT2D eigenvalue weighted by molar-refractivity contribution is -0.134. The molecule has 6 heteroatoms. The van der Waals surface area contributed by atoms with Crippen LogP contribution in [0.25, 0.3) is 6.08 Å². The number of hydrogen-bond acceptors (Lipinski definition) is 3. The molecule has 0 radical (unpaired) electrons. The molecule has 0 aliphatic heterocycles. The molecule has 1 aliphatic carbocycles. The number of carbonyl (C=O) groups is 2. The number of para-hydroxylation sites is 1. The van der Waals surface area contributed by atoms with Crippen molar-refractivity contribution in [3.8, 4) is 11.5 Å². The largest absolute Gasteiger partial charge is 0.477 e. The maximum absolute atomic E-state index is 12.5. The van der Waals surface area contributed by atoms with Crippen LogP contribution in [-0.2, 0) is 9.59 Å². The molecule has 2 N–H and O–H groups in total. The number of halogens is 1. The molecule has 0 spiro atoms. The van der Waals surface area contributed by atoms with Gasteiger partial charge in [-0.25, -0.2) is 4.79 Å². The summed E-state index contributed by atoms with van der Waals surface area (Å²) in [6, 6.07) is 24.5. The number of benzene rings is 3. The predicted molar refractivity (Wildman–Crippen MR) is 127 cm³/mol. The van der Waals surface area contributed by atoms with Crippen molar-refractivity contribution in [2.24, 2.45) is 5.92 Å².